The second kappa shape index (κ2) is 7.00. The van der Waals surface area contributed by atoms with Crippen LogP contribution in [-0.2, 0) is 16.1 Å². The van der Waals surface area contributed by atoms with E-state index < -0.39 is 5.82 Å². The summed E-state index contributed by atoms with van der Waals surface area (Å²) in [6.07, 6.45) is -0.0226. The van der Waals surface area contributed by atoms with E-state index in [1.165, 1.54) is 12.1 Å². The molecule has 0 heterocycles. The molecule has 17 heavy (non-hydrogen) atoms. The molecule has 0 radical (unpaired) electrons. The summed E-state index contributed by atoms with van der Waals surface area (Å²) in [6, 6.07) is 6.20. The van der Waals surface area contributed by atoms with Gasteiger partial charge in [-0.2, -0.15) is 5.26 Å². The molecule has 0 spiro atoms. The Hall–Kier alpha value is -1.44. The van der Waals surface area contributed by atoms with Crippen molar-refractivity contribution in [2.24, 2.45) is 0 Å². The van der Waals surface area contributed by atoms with Crippen LogP contribution in [0.1, 0.15) is 25.0 Å². The van der Waals surface area contributed by atoms with Crippen molar-refractivity contribution in [2.45, 2.75) is 26.6 Å². The van der Waals surface area contributed by atoms with Crippen LogP contribution < -0.4 is 0 Å². The Labute approximate surface area is 101 Å². The highest BCUT2D eigenvalue weighted by atomic mass is 19.1. The smallest absolute Gasteiger partial charge is 0.140 e. The van der Waals surface area contributed by atoms with Gasteiger partial charge in [0.25, 0.3) is 0 Å². The molecule has 1 rings (SSSR count). The van der Waals surface area contributed by atoms with Crippen LogP contribution in [0, 0.1) is 17.1 Å². The second-order valence-corrected chi connectivity index (χ2v) is 3.71. The molecule has 1 aromatic rings. The van der Waals surface area contributed by atoms with Crippen molar-refractivity contribution in [1.82, 2.24) is 0 Å². The van der Waals surface area contributed by atoms with Crippen LogP contribution in [0.15, 0.2) is 18.2 Å². The minimum absolute atomic E-state index is 0.0226. The number of halogens is 1. The SMILES string of the molecule is CCOCC(C)OCc1ccc(F)c(C#N)c1. The van der Waals surface area contributed by atoms with Gasteiger partial charge < -0.3 is 9.47 Å². The van der Waals surface area contributed by atoms with Crippen LogP contribution >= 0.6 is 0 Å². The third kappa shape index (κ3) is 4.51. The molecule has 0 saturated carbocycles. The molecule has 3 nitrogen and oxygen atoms in total. The molecular formula is C13H16FNO2. The van der Waals surface area contributed by atoms with E-state index in [9.17, 15) is 4.39 Å². The number of nitriles is 1. The predicted molar refractivity (Wildman–Crippen MR) is 61.9 cm³/mol. The highest BCUT2D eigenvalue weighted by Gasteiger charge is 2.05. The summed E-state index contributed by atoms with van der Waals surface area (Å²) >= 11 is 0. The maximum atomic E-state index is 13.1. The maximum Gasteiger partial charge on any atom is 0.140 e. The summed E-state index contributed by atoms with van der Waals surface area (Å²) in [5, 5.41) is 8.69. The Morgan fingerprint density at radius 3 is 2.88 bits per heavy atom. The van der Waals surface area contributed by atoms with Gasteiger partial charge in [-0.25, -0.2) is 4.39 Å². The van der Waals surface area contributed by atoms with Crippen LogP contribution in [-0.4, -0.2) is 19.3 Å². The summed E-state index contributed by atoms with van der Waals surface area (Å²) in [5.41, 5.74) is 0.829. The zero-order valence-electron chi connectivity index (χ0n) is 10.1. The molecule has 0 N–H and O–H groups in total. The summed E-state index contributed by atoms with van der Waals surface area (Å²) in [7, 11) is 0. The number of benzene rings is 1. The van der Waals surface area contributed by atoms with Crippen LogP contribution in [0.5, 0.6) is 0 Å². The lowest BCUT2D eigenvalue weighted by molar-refractivity contribution is -0.0116. The maximum absolute atomic E-state index is 13.1. The van der Waals surface area contributed by atoms with Crippen LogP contribution in [0.2, 0.25) is 0 Å². The molecular weight excluding hydrogens is 221 g/mol. The van der Waals surface area contributed by atoms with E-state index in [0.717, 1.165) is 5.56 Å². The summed E-state index contributed by atoms with van der Waals surface area (Å²) in [4.78, 5) is 0. The fraction of sp³-hybridized carbons (Fsp3) is 0.462. The highest BCUT2D eigenvalue weighted by Crippen LogP contribution is 2.11. The first-order valence-electron chi connectivity index (χ1n) is 5.55. The highest BCUT2D eigenvalue weighted by molar-refractivity contribution is 5.34. The van der Waals surface area contributed by atoms with Crippen LogP contribution in [0.4, 0.5) is 4.39 Å². The molecule has 0 aliphatic heterocycles. The van der Waals surface area contributed by atoms with Crippen molar-refractivity contribution in [3.05, 3.63) is 35.1 Å². The molecule has 0 aromatic heterocycles. The van der Waals surface area contributed by atoms with Gasteiger partial charge in [0, 0.05) is 6.61 Å². The Bertz CT molecular complexity index is 401. The number of hydrogen-bond donors (Lipinski definition) is 0. The largest absolute Gasteiger partial charge is 0.379 e. The van der Waals surface area contributed by atoms with E-state index in [1.807, 2.05) is 13.8 Å². The summed E-state index contributed by atoms with van der Waals surface area (Å²) in [5.74, 6) is -0.501. The average molecular weight is 237 g/mol. The van der Waals surface area contributed by atoms with Crippen molar-refractivity contribution < 1.29 is 13.9 Å². The lowest BCUT2D eigenvalue weighted by Gasteiger charge is -2.12. The normalized spacial score (nSPS) is 12.1. The molecule has 0 fully saturated rings. The van der Waals surface area contributed by atoms with Gasteiger partial charge in [-0.3, -0.25) is 0 Å². The fourth-order valence-electron chi connectivity index (χ4n) is 1.32. The Morgan fingerprint density at radius 2 is 2.24 bits per heavy atom. The predicted octanol–water partition coefficient (Wildman–Crippen LogP) is 2.64. The number of hydrogen-bond acceptors (Lipinski definition) is 3. The zero-order valence-corrected chi connectivity index (χ0v) is 10.1. The topological polar surface area (TPSA) is 42.2 Å². The van der Waals surface area contributed by atoms with Crippen molar-refractivity contribution in [2.75, 3.05) is 13.2 Å². The van der Waals surface area contributed by atoms with E-state index in [2.05, 4.69) is 0 Å². The minimum Gasteiger partial charge on any atom is -0.379 e. The number of nitrogens with zero attached hydrogens (tertiary/aromatic N) is 1. The molecule has 1 aromatic carbocycles. The van der Waals surface area contributed by atoms with Crippen molar-refractivity contribution in [3.63, 3.8) is 0 Å². The number of rotatable bonds is 6. The van der Waals surface area contributed by atoms with Crippen molar-refractivity contribution in [1.29, 1.82) is 5.26 Å². The molecule has 0 aliphatic rings. The van der Waals surface area contributed by atoms with E-state index in [0.29, 0.717) is 19.8 Å². The lowest BCUT2D eigenvalue weighted by atomic mass is 10.1. The molecule has 0 bridgehead atoms. The van der Waals surface area contributed by atoms with Crippen molar-refractivity contribution >= 4 is 0 Å². The Balaban J connectivity index is 2.50. The number of ether oxygens (including phenoxy) is 2. The monoisotopic (exact) mass is 237 g/mol. The van der Waals surface area contributed by atoms with Gasteiger partial charge >= 0.3 is 0 Å². The molecule has 0 saturated heterocycles. The molecule has 1 atom stereocenters. The molecule has 92 valence electrons. The van der Waals surface area contributed by atoms with Gasteiger partial charge in [0.15, 0.2) is 0 Å². The molecule has 4 heteroatoms. The summed E-state index contributed by atoms with van der Waals surface area (Å²) in [6.45, 7) is 5.37. The minimum atomic E-state index is -0.501. The van der Waals surface area contributed by atoms with Gasteiger partial charge in [0.2, 0.25) is 0 Å². The van der Waals surface area contributed by atoms with E-state index in [4.69, 9.17) is 14.7 Å². The van der Waals surface area contributed by atoms with Gasteiger partial charge in [-0.1, -0.05) is 6.07 Å². The van der Waals surface area contributed by atoms with Crippen LogP contribution in [0.3, 0.4) is 0 Å². The second-order valence-electron chi connectivity index (χ2n) is 3.71. The standard InChI is InChI=1S/C13H16FNO2/c1-3-16-8-10(2)17-9-11-4-5-13(14)12(6-11)7-15/h4-6,10H,3,8-9H2,1-2H3. The first kappa shape index (κ1) is 13.6. The van der Waals surface area contributed by atoms with Gasteiger partial charge in [-0.15, -0.1) is 0 Å². The zero-order chi connectivity index (χ0) is 12.7. The first-order chi connectivity index (χ1) is 8.17. The van der Waals surface area contributed by atoms with Crippen molar-refractivity contribution in [3.8, 4) is 6.07 Å². The van der Waals surface area contributed by atoms with Crippen LogP contribution in [0.25, 0.3) is 0 Å². The Kier molecular flexibility index (Phi) is 5.61. The fourth-order valence-corrected chi connectivity index (χ4v) is 1.32. The third-order valence-electron chi connectivity index (χ3n) is 2.24. The van der Waals surface area contributed by atoms with Gasteiger partial charge in [-0.05, 0) is 31.5 Å². The summed E-state index contributed by atoms with van der Waals surface area (Å²) < 4.78 is 23.8. The Morgan fingerprint density at radius 1 is 1.47 bits per heavy atom. The quantitative estimate of drug-likeness (QED) is 0.763. The lowest BCUT2D eigenvalue weighted by Crippen LogP contribution is -2.15. The average Bonchev–Trinajstić information content (AvgIpc) is 2.35. The van der Waals surface area contributed by atoms with E-state index >= 15 is 0 Å². The molecule has 1 unspecified atom stereocenters. The third-order valence-corrected chi connectivity index (χ3v) is 2.24. The van der Waals surface area contributed by atoms with E-state index in [1.54, 1.807) is 12.1 Å². The molecule has 0 aliphatic carbocycles. The van der Waals surface area contributed by atoms with Gasteiger partial charge in [0.1, 0.15) is 11.9 Å². The van der Waals surface area contributed by atoms with Gasteiger partial charge in [0.05, 0.1) is 24.9 Å². The van der Waals surface area contributed by atoms with E-state index in [-0.39, 0.29) is 11.7 Å². The molecule has 0 amide bonds. The first-order valence-corrected chi connectivity index (χ1v) is 5.55.